The van der Waals surface area contributed by atoms with Crippen molar-refractivity contribution in [3.05, 3.63) is 77.1 Å². The van der Waals surface area contributed by atoms with Gasteiger partial charge in [0, 0.05) is 18.7 Å². The highest BCUT2D eigenvalue weighted by atomic mass is 32.3. The van der Waals surface area contributed by atoms with Crippen LogP contribution < -0.4 is 4.90 Å². The average molecular weight is 519 g/mol. The van der Waals surface area contributed by atoms with Crippen molar-refractivity contribution in [1.29, 1.82) is 0 Å². The molecule has 5 rings (SSSR count). The lowest BCUT2D eigenvalue weighted by Gasteiger charge is -2.20. The van der Waals surface area contributed by atoms with E-state index < -0.39 is 33.8 Å². The van der Waals surface area contributed by atoms with E-state index in [0.717, 1.165) is 0 Å². The van der Waals surface area contributed by atoms with Crippen LogP contribution in [0.1, 0.15) is 28.9 Å². The van der Waals surface area contributed by atoms with Crippen LogP contribution in [0.5, 0.6) is 0 Å². The lowest BCUT2D eigenvalue weighted by molar-refractivity contribution is 0.0332. The molecule has 2 aromatic carbocycles. The summed E-state index contributed by atoms with van der Waals surface area (Å²) in [5, 5.41) is 18.2. The number of hydrogen-bond donors (Lipinski definition) is 1. The fraction of sp³-hybridized carbons (Fsp3) is 0.304. The summed E-state index contributed by atoms with van der Waals surface area (Å²) in [7, 11) is -4.80. The lowest BCUT2D eigenvalue weighted by atomic mass is 10.1. The Morgan fingerprint density at radius 3 is 2.39 bits per heavy atom. The van der Waals surface area contributed by atoms with Gasteiger partial charge in [-0.15, -0.1) is 8.98 Å². The predicted molar refractivity (Wildman–Crippen MR) is 125 cm³/mol. The van der Waals surface area contributed by atoms with Gasteiger partial charge in [-0.2, -0.15) is 17.2 Å². The first-order chi connectivity index (χ1) is 17.1. The number of alkyl halides is 2. The van der Waals surface area contributed by atoms with Gasteiger partial charge in [0.05, 0.1) is 12.6 Å². The summed E-state index contributed by atoms with van der Waals surface area (Å²) >= 11 is 0. The summed E-state index contributed by atoms with van der Waals surface area (Å²) < 4.78 is 68.2. The second-order valence-corrected chi connectivity index (χ2v) is 9.94. The van der Waals surface area contributed by atoms with Crippen LogP contribution in [0.25, 0.3) is 11.2 Å². The number of aliphatic hydroxyl groups excluding tert-OH is 1. The molecule has 188 valence electrons. The average Bonchev–Trinajstić information content (AvgIpc) is 3.45. The van der Waals surface area contributed by atoms with Gasteiger partial charge in [0.1, 0.15) is 5.75 Å². The second kappa shape index (κ2) is 9.13. The molecule has 0 unspecified atom stereocenters. The minimum atomic E-state index is -4.80. The number of anilines is 1. The van der Waals surface area contributed by atoms with Crippen molar-refractivity contribution in [2.24, 2.45) is 0 Å². The van der Waals surface area contributed by atoms with E-state index >= 15 is 8.78 Å². The Hall–Kier alpha value is -3.58. The van der Waals surface area contributed by atoms with Crippen molar-refractivity contribution >= 4 is 27.2 Å². The zero-order valence-electron chi connectivity index (χ0n) is 18.8. The molecular formula is C23H21F3N6O3S. The van der Waals surface area contributed by atoms with Gasteiger partial charge in [-0.25, -0.2) is 14.6 Å². The minimum Gasteiger partial charge on any atom is -0.391 e. The predicted octanol–water partition coefficient (Wildman–Crippen LogP) is 2.78. The van der Waals surface area contributed by atoms with E-state index in [1.165, 1.54) is 35.0 Å². The van der Waals surface area contributed by atoms with Crippen molar-refractivity contribution in [3.63, 3.8) is 0 Å². The third-order valence-electron chi connectivity index (χ3n) is 5.99. The number of nitrogens with zero attached hydrogens (tertiary/aromatic N) is 6. The first-order valence-corrected chi connectivity index (χ1v) is 12.6. The molecule has 0 spiro atoms. The molecule has 0 amide bonds. The molecule has 1 N–H and O–H groups in total. The topological polar surface area (TPSA) is 114 Å². The SMILES string of the molecule is O=S(=O)(F)Cc1ccccc1Cn1nnc2c(N3CC[C@H](O)C3)nc(C(F)(F)c3ccccc3)nc21. The molecule has 1 aliphatic heterocycles. The quantitative estimate of drug-likeness (QED) is 0.372. The van der Waals surface area contributed by atoms with Crippen LogP contribution in [0, 0.1) is 0 Å². The first-order valence-electron chi connectivity index (χ1n) is 11.1. The number of benzene rings is 2. The van der Waals surface area contributed by atoms with Crippen LogP contribution in [0.15, 0.2) is 54.6 Å². The number of rotatable bonds is 7. The number of aliphatic hydroxyl groups is 1. The van der Waals surface area contributed by atoms with E-state index in [2.05, 4.69) is 20.3 Å². The molecule has 0 bridgehead atoms. The first kappa shape index (κ1) is 24.1. The molecule has 1 fully saturated rings. The number of β-amino-alcohol motifs (C(OH)–C–C–N with tert-alkyl or cyclic N) is 1. The summed E-state index contributed by atoms with van der Waals surface area (Å²) in [5.41, 5.74) is 0.487. The fourth-order valence-electron chi connectivity index (χ4n) is 4.22. The fourth-order valence-corrected chi connectivity index (χ4v) is 4.87. The molecule has 0 radical (unpaired) electrons. The molecule has 36 heavy (non-hydrogen) atoms. The van der Waals surface area contributed by atoms with Crippen LogP contribution in [0.3, 0.4) is 0 Å². The smallest absolute Gasteiger partial charge is 0.331 e. The van der Waals surface area contributed by atoms with Gasteiger partial charge < -0.3 is 10.0 Å². The Morgan fingerprint density at radius 2 is 1.72 bits per heavy atom. The molecular weight excluding hydrogens is 497 g/mol. The van der Waals surface area contributed by atoms with Gasteiger partial charge in [-0.3, -0.25) is 0 Å². The molecule has 4 aromatic rings. The summed E-state index contributed by atoms with van der Waals surface area (Å²) in [4.78, 5) is 9.95. The third-order valence-corrected chi connectivity index (χ3v) is 6.65. The highest BCUT2D eigenvalue weighted by Crippen LogP contribution is 2.36. The summed E-state index contributed by atoms with van der Waals surface area (Å²) in [5.74, 6) is -5.02. The standard InChI is InChI=1S/C23H21F3N6O3S/c24-23(25,17-8-2-1-3-9-17)22-27-20(31-11-10-18(33)13-31)19-21(28-22)32(30-29-19)12-15-6-4-5-7-16(15)14-36(26,34)35/h1-9,18,33H,10-14H2/t18-/m0/s1. The van der Waals surface area contributed by atoms with Crippen molar-refractivity contribution in [3.8, 4) is 0 Å². The zero-order chi connectivity index (χ0) is 25.5. The highest BCUT2D eigenvalue weighted by Gasteiger charge is 2.39. The van der Waals surface area contributed by atoms with Gasteiger partial charge in [0.25, 0.3) is 0 Å². The summed E-state index contributed by atoms with van der Waals surface area (Å²) in [6, 6.07) is 13.4. The zero-order valence-corrected chi connectivity index (χ0v) is 19.6. The van der Waals surface area contributed by atoms with E-state index in [-0.39, 0.29) is 41.2 Å². The van der Waals surface area contributed by atoms with Crippen LogP contribution in [0.4, 0.5) is 18.5 Å². The van der Waals surface area contributed by atoms with Crippen LogP contribution in [-0.2, 0) is 28.4 Å². The van der Waals surface area contributed by atoms with Crippen molar-refractivity contribution in [2.75, 3.05) is 18.0 Å². The van der Waals surface area contributed by atoms with E-state index in [9.17, 15) is 17.4 Å². The Labute approximate surface area is 204 Å². The largest absolute Gasteiger partial charge is 0.391 e. The van der Waals surface area contributed by atoms with Crippen molar-refractivity contribution in [2.45, 2.75) is 30.7 Å². The van der Waals surface area contributed by atoms with Crippen molar-refractivity contribution < 1.29 is 26.2 Å². The Morgan fingerprint density at radius 1 is 1.03 bits per heavy atom. The molecule has 3 heterocycles. The maximum atomic E-state index is 15.5. The highest BCUT2D eigenvalue weighted by molar-refractivity contribution is 7.85. The van der Waals surface area contributed by atoms with E-state index in [1.807, 2.05) is 0 Å². The molecule has 1 atom stereocenters. The van der Waals surface area contributed by atoms with Gasteiger partial charge in [-0.05, 0) is 17.5 Å². The maximum absolute atomic E-state index is 15.5. The van der Waals surface area contributed by atoms with Gasteiger partial charge in [0.15, 0.2) is 17.0 Å². The third kappa shape index (κ3) is 4.75. The molecule has 13 heteroatoms. The maximum Gasteiger partial charge on any atom is 0.331 e. The Balaban J connectivity index is 1.64. The molecule has 0 aliphatic carbocycles. The second-order valence-electron chi connectivity index (χ2n) is 8.57. The van der Waals surface area contributed by atoms with Crippen LogP contribution >= 0.6 is 0 Å². The summed E-state index contributed by atoms with van der Waals surface area (Å²) in [6.45, 7) is 0.484. The van der Waals surface area contributed by atoms with E-state index in [0.29, 0.717) is 18.5 Å². The van der Waals surface area contributed by atoms with Gasteiger partial charge in [-0.1, -0.05) is 59.8 Å². The number of aromatic nitrogens is 5. The Bertz CT molecular complexity index is 1510. The molecule has 0 saturated carbocycles. The minimum absolute atomic E-state index is 0.00454. The summed E-state index contributed by atoms with van der Waals surface area (Å²) in [6.07, 6.45) is -0.201. The van der Waals surface area contributed by atoms with Gasteiger partial charge >= 0.3 is 16.1 Å². The monoisotopic (exact) mass is 518 g/mol. The molecule has 2 aromatic heterocycles. The number of hydrogen-bond acceptors (Lipinski definition) is 8. The number of halogens is 3. The lowest BCUT2D eigenvalue weighted by Crippen LogP contribution is -2.26. The normalized spacial score (nSPS) is 16.7. The van der Waals surface area contributed by atoms with Crippen molar-refractivity contribution in [1.82, 2.24) is 25.0 Å². The number of fused-ring (bicyclic) bond motifs is 1. The Kier molecular flexibility index (Phi) is 6.12. The molecule has 9 nitrogen and oxygen atoms in total. The van der Waals surface area contributed by atoms with E-state index in [1.54, 1.807) is 29.2 Å². The van der Waals surface area contributed by atoms with Crippen LogP contribution in [-0.4, -0.2) is 57.7 Å². The molecule has 1 saturated heterocycles. The molecule has 1 aliphatic rings. The van der Waals surface area contributed by atoms with E-state index in [4.69, 9.17) is 0 Å². The van der Waals surface area contributed by atoms with Crippen LogP contribution in [0.2, 0.25) is 0 Å². The van der Waals surface area contributed by atoms with Gasteiger partial charge in [0.2, 0.25) is 5.82 Å².